The maximum atomic E-state index is 9.56. The second kappa shape index (κ2) is 12.4. The van der Waals surface area contributed by atoms with Gasteiger partial charge in [-0.3, -0.25) is 4.90 Å². The first kappa shape index (κ1) is 10.8. The van der Waals surface area contributed by atoms with E-state index in [0.717, 1.165) is 12.7 Å². The third-order valence-electron chi connectivity index (χ3n) is 3.07. The van der Waals surface area contributed by atoms with E-state index >= 15 is 0 Å². The van der Waals surface area contributed by atoms with Crippen LogP contribution in [0.5, 0.6) is 0 Å². The molecule has 3 rings (SSSR count). The van der Waals surface area contributed by atoms with Crippen molar-refractivity contribution in [2.45, 2.75) is 44.4 Å². The SMILES string of the molecule is CO.[2H]C1([2H])CC(O)CC([2H])([2H])N1.[2H]C1([2H])CC(O)CC([2H])([2H])N1Cc1ccccc1. The molecular formula is C18H32N2O3. The summed E-state index contributed by atoms with van der Waals surface area (Å²) >= 11 is 0. The van der Waals surface area contributed by atoms with Crippen molar-refractivity contribution in [2.75, 3.05) is 33.1 Å². The number of likely N-dealkylation sites (tertiary alicyclic amines) is 1. The fourth-order valence-corrected chi connectivity index (χ4v) is 1.91. The summed E-state index contributed by atoms with van der Waals surface area (Å²) in [6.45, 7) is -7.05. The minimum atomic E-state index is -1.84. The number of piperidine rings is 2. The van der Waals surface area contributed by atoms with E-state index in [-0.39, 0.29) is 32.2 Å². The van der Waals surface area contributed by atoms with E-state index in [1.807, 2.05) is 30.3 Å². The lowest BCUT2D eigenvalue weighted by Gasteiger charge is -2.29. The van der Waals surface area contributed by atoms with Crippen LogP contribution < -0.4 is 5.32 Å². The van der Waals surface area contributed by atoms with Gasteiger partial charge in [-0.05, 0) is 44.2 Å². The van der Waals surface area contributed by atoms with E-state index < -0.39 is 38.2 Å². The predicted molar refractivity (Wildman–Crippen MR) is 93.2 cm³/mol. The maximum absolute atomic E-state index is 9.56. The highest BCUT2D eigenvalue weighted by atomic mass is 16.3. The molecule has 5 nitrogen and oxygen atoms in total. The van der Waals surface area contributed by atoms with Crippen molar-refractivity contribution < 1.29 is 26.3 Å². The zero-order valence-electron chi connectivity index (χ0n) is 21.4. The molecule has 5 heteroatoms. The van der Waals surface area contributed by atoms with Crippen LogP contribution in [0.2, 0.25) is 0 Å². The van der Waals surface area contributed by atoms with Crippen LogP contribution >= 0.6 is 0 Å². The quantitative estimate of drug-likeness (QED) is 0.650. The van der Waals surface area contributed by atoms with E-state index in [1.165, 1.54) is 4.90 Å². The van der Waals surface area contributed by atoms with E-state index in [1.54, 1.807) is 0 Å². The Bertz CT molecular complexity index is 645. The molecule has 1 aromatic rings. The third-order valence-corrected chi connectivity index (χ3v) is 3.07. The molecule has 0 bridgehead atoms. The minimum Gasteiger partial charge on any atom is -0.400 e. The Labute approximate surface area is 151 Å². The summed E-state index contributed by atoms with van der Waals surface area (Å²) in [5.74, 6) is 0. The van der Waals surface area contributed by atoms with Crippen LogP contribution in [0.4, 0.5) is 0 Å². The van der Waals surface area contributed by atoms with Gasteiger partial charge in [0.25, 0.3) is 0 Å². The highest BCUT2D eigenvalue weighted by molar-refractivity contribution is 5.14. The molecule has 0 radical (unpaired) electrons. The molecule has 0 saturated carbocycles. The molecule has 2 heterocycles. The second-order valence-corrected chi connectivity index (χ2v) is 4.99. The smallest absolute Gasteiger partial charge is 0.0564 e. The fraction of sp³-hybridized carbons (Fsp3) is 0.667. The molecule has 2 aliphatic rings. The first-order valence-electron chi connectivity index (χ1n) is 11.5. The summed E-state index contributed by atoms with van der Waals surface area (Å²) in [6.07, 6.45) is -2.03. The summed E-state index contributed by atoms with van der Waals surface area (Å²) in [5.41, 5.74) is 0.863. The van der Waals surface area contributed by atoms with Crippen molar-refractivity contribution in [3.63, 3.8) is 0 Å². The second-order valence-electron chi connectivity index (χ2n) is 4.99. The van der Waals surface area contributed by atoms with Crippen LogP contribution in [0.25, 0.3) is 0 Å². The summed E-state index contributed by atoms with van der Waals surface area (Å²) in [5, 5.41) is 27.8. The molecule has 23 heavy (non-hydrogen) atoms. The number of aliphatic hydroxyl groups excluding tert-OH is 3. The van der Waals surface area contributed by atoms with Gasteiger partial charge in [-0.15, -0.1) is 0 Å². The van der Waals surface area contributed by atoms with E-state index in [9.17, 15) is 5.11 Å². The predicted octanol–water partition coefficient (Wildman–Crippen LogP) is 0.982. The largest absolute Gasteiger partial charge is 0.400 e. The van der Waals surface area contributed by atoms with Gasteiger partial charge in [0.05, 0.1) is 12.2 Å². The monoisotopic (exact) mass is 332 g/mol. The van der Waals surface area contributed by atoms with Gasteiger partial charge in [0, 0.05) is 37.6 Å². The molecule has 2 saturated heterocycles. The minimum absolute atomic E-state index is 0.0491. The van der Waals surface area contributed by atoms with Crippen molar-refractivity contribution in [1.29, 1.82) is 0 Å². The lowest BCUT2D eigenvalue weighted by molar-refractivity contribution is 0.0792. The number of rotatable bonds is 2. The maximum Gasteiger partial charge on any atom is 0.0564 e. The van der Waals surface area contributed by atoms with E-state index in [0.29, 0.717) is 0 Å². The van der Waals surface area contributed by atoms with Gasteiger partial charge < -0.3 is 20.6 Å². The Morgan fingerprint density at radius 2 is 1.52 bits per heavy atom. The van der Waals surface area contributed by atoms with Crippen molar-refractivity contribution >= 4 is 0 Å². The molecule has 132 valence electrons. The van der Waals surface area contributed by atoms with Crippen LogP contribution in [0.15, 0.2) is 30.3 Å². The Morgan fingerprint density at radius 1 is 1.00 bits per heavy atom. The fourth-order valence-electron chi connectivity index (χ4n) is 1.91. The summed E-state index contributed by atoms with van der Waals surface area (Å²) < 4.78 is 60.3. The van der Waals surface area contributed by atoms with Gasteiger partial charge in [-0.25, -0.2) is 0 Å². The Balaban J connectivity index is 0.000000317. The normalized spacial score (nSPS) is 33.9. The first-order chi connectivity index (χ1) is 14.1. The average molecular weight is 333 g/mol. The van der Waals surface area contributed by atoms with Crippen LogP contribution in [-0.4, -0.2) is 65.5 Å². The Hall–Kier alpha value is -0.980. The van der Waals surface area contributed by atoms with Crippen molar-refractivity contribution in [3.05, 3.63) is 35.9 Å². The molecule has 0 unspecified atom stereocenters. The number of nitrogens with zero attached hydrogens (tertiary/aromatic N) is 1. The van der Waals surface area contributed by atoms with E-state index in [2.05, 4.69) is 5.32 Å². The molecule has 0 amide bonds. The molecule has 2 aliphatic heterocycles. The average Bonchev–Trinajstić information content (AvgIpc) is 2.57. The molecule has 0 aliphatic carbocycles. The Morgan fingerprint density at radius 3 is 2.04 bits per heavy atom. The van der Waals surface area contributed by atoms with Gasteiger partial charge in [0.2, 0.25) is 0 Å². The first-order valence-corrected chi connectivity index (χ1v) is 7.54. The van der Waals surface area contributed by atoms with Gasteiger partial charge in [-0.2, -0.15) is 0 Å². The zero-order chi connectivity index (χ0) is 24.1. The number of nitrogens with one attached hydrogen (secondary N) is 1. The van der Waals surface area contributed by atoms with Crippen LogP contribution in [-0.2, 0) is 6.54 Å². The van der Waals surface area contributed by atoms with Crippen LogP contribution in [0.3, 0.4) is 0 Å². The highest BCUT2D eigenvalue weighted by Crippen LogP contribution is 2.13. The standard InChI is InChI=1S/C12H17NO.C5H11NO.CH4O/c14-12-6-8-13(9-7-12)10-11-4-2-1-3-5-11;7-5-1-3-6-4-2-5;1-2/h1-5,12,14H,6-10H2;5-7H,1-4H2;2H,1H3/i8D2,9D2;3D2,4D2;. The third kappa shape index (κ3) is 9.03. The van der Waals surface area contributed by atoms with Gasteiger partial charge in [-0.1, -0.05) is 30.3 Å². The summed E-state index contributed by atoms with van der Waals surface area (Å²) in [4.78, 5) is 1.20. The summed E-state index contributed by atoms with van der Waals surface area (Å²) in [6, 6.07) is 9.25. The number of hydrogen-bond acceptors (Lipinski definition) is 5. The summed E-state index contributed by atoms with van der Waals surface area (Å²) in [7, 11) is 1.00. The van der Waals surface area contributed by atoms with Crippen LogP contribution in [0, 0.1) is 0 Å². The zero-order valence-corrected chi connectivity index (χ0v) is 13.4. The molecule has 2 fully saturated rings. The highest BCUT2D eigenvalue weighted by Gasteiger charge is 2.16. The number of benzene rings is 1. The topological polar surface area (TPSA) is 76.0 Å². The molecule has 0 spiro atoms. The van der Waals surface area contributed by atoms with Crippen molar-refractivity contribution in [1.82, 2.24) is 10.2 Å². The van der Waals surface area contributed by atoms with Crippen molar-refractivity contribution in [2.24, 2.45) is 0 Å². The lowest BCUT2D eigenvalue weighted by atomic mass is 10.1. The van der Waals surface area contributed by atoms with Gasteiger partial charge in [0.15, 0.2) is 0 Å². The lowest BCUT2D eigenvalue weighted by Crippen LogP contribution is -2.35. The molecular weight excluding hydrogens is 292 g/mol. The number of hydrogen-bond donors (Lipinski definition) is 4. The van der Waals surface area contributed by atoms with Crippen LogP contribution in [0.1, 0.15) is 42.2 Å². The molecule has 0 aromatic heterocycles. The van der Waals surface area contributed by atoms with Gasteiger partial charge >= 0.3 is 0 Å². The van der Waals surface area contributed by atoms with Gasteiger partial charge in [0.1, 0.15) is 0 Å². The Kier molecular flexibility index (Phi) is 5.84. The van der Waals surface area contributed by atoms with Crippen molar-refractivity contribution in [3.8, 4) is 0 Å². The molecule has 0 atom stereocenters. The molecule has 1 aromatic carbocycles. The molecule has 4 N–H and O–H groups in total. The number of aliphatic hydroxyl groups is 3. The van der Waals surface area contributed by atoms with E-state index in [4.69, 9.17) is 21.2 Å².